The Balaban J connectivity index is 2.10. The molecule has 0 atom stereocenters. The van der Waals surface area contributed by atoms with Gasteiger partial charge in [0.2, 0.25) is 0 Å². The van der Waals surface area contributed by atoms with Crippen LogP contribution < -0.4 is 10.5 Å². The van der Waals surface area contributed by atoms with Crippen LogP contribution in [-0.4, -0.2) is 13.2 Å². The Labute approximate surface area is 112 Å². The number of benzene rings is 2. The summed E-state index contributed by atoms with van der Waals surface area (Å²) in [6, 6.07) is 15.7. The summed E-state index contributed by atoms with van der Waals surface area (Å²) in [4.78, 5) is 0. The molecule has 0 aliphatic heterocycles. The molecule has 0 bridgehead atoms. The second kappa shape index (κ2) is 6.43. The van der Waals surface area contributed by atoms with Gasteiger partial charge < -0.3 is 10.5 Å². The van der Waals surface area contributed by atoms with E-state index in [-0.39, 0.29) is 0 Å². The van der Waals surface area contributed by atoms with E-state index >= 15 is 0 Å². The number of nitrogens with two attached hydrogens (primary N) is 1. The van der Waals surface area contributed by atoms with E-state index in [1.807, 2.05) is 48.5 Å². The van der Waals surface area contributed by atoms with E-state index < -0.39 is 0 Å². The number of hydrogen-bond acceptors (Lipinski definition) is 2. The lowest BCUT2D eigenvalue weighted by molar-refractivity contribution is 0.313. The van der Waals surface area contributed by atoms with Crippen LogP contribution in [0.2, 0.25) is 5.02 Å². The molecular weight excluding hydrogens is 246 g/mol. The van der Waals surface area contributed by atoms with Gasteiger partial charge in [0, 0.05) is 10.6 Å². The van der Waals surface area contributed by atoms with E-state index in [2.05, 4.69) is 0 Å². The summed E-state index contributed by atoms with van der Waals surface area (Å²) in [6.07, 6.45) is 0.867. The third-order valence-electron chi connectivity index (χ3n) is 2.66. The van der Waals surface area contributed by atoms with E-state index in [1.54, 1.807) is 0 Å². The predicted octanol–water partition coefficient (Wildman–Crippen LogP) is 3.73. The molecule has 2 N–H and O–H groups in total. The molecule has 2 rings (SSSR count). The molecule has 0 heterocycles. The van der Waals surface area contributed by atoms with Crippen molar-refractivity contribution in [2.24, 2.45) is 5.73 Å². The van der Waals surface area contributed by atoms with Crippen molar-refractivity contribution in [1.29, 1.82) is 0 Å². The van der Waals surface area contributed by atoms with Crippen molar-refractivity contribution in [3.8, 4) is 16.9 Å². The van der Waals surface area contributed by atoms with E-state index in [0.29, 0.717) is 13.2 Å². The van der Waals surface area contributed by atoms with Crippen molar-refractivity contribution < 1.29 is 4.74 Å². The van der Waals surface area contributed by atoms with E-state index in [9.17, 15) is 0 Å². The van der Waals surface area contributed by atoms with Gasteiger partial charge in [-0.2, -0.15) is 0 Å². The Kier molecular flexibility index (Phi) is 4.62. The average molecular weight is 262 g/mol. The average Bonchev–Trinajstić information content (AvgIpc) is 2.41. The fourth-order valence-electron chi connectivity index (χ4n) is 1.70. The molecule has 2 aromatic rings. The molecule has 0 unspecified atom stereocenters. The highest BCUT2D eigenvalue weighted by Gasteiger charge is 2.02. The van der Waals surface area contributed by atoms with Gasteiger partial charge in [-0.3, -0.25) is 0 Å². The summed E-state index contributed by atoms with van der Waals surface area (Å²) in [6.45, 7) is 1.31. The summed E-state index contributed by atoms with van der Waals surface area (Å²) in [5.41, 5.74) is 7.54. The first-order valence-corrected chi connectivity index (χ1v) is 6.37. The highest BCUT2D eigenvalue weighted by atomic mass is 35.5. The second-order valence-corrected chi connectivity index (χ2v) is 4.40. The lowest BCUT2D eigenvalue weighted by Crippen LogP contribution is -2.05. The maximum absolute atomic E-state index is 6.16. The summed E-state index contributed by atoms with van der Waals surface area (Å²) < 4.78 is 5.55. The van der Waals surface area contributed by atoms with Gasteiger partial charge in [-0.25, -0.2) is 0 Å². The number of rotatable bonds is 5. The van der Waals surface area contributed by atoms with Crippen molar-refractivity contribution in [2.75, 3.05) is 13.2 Å². The molecule has 0 spiro atoms. The predicted molar refractivity (Wildman–Crippen MR) is 76.1 cm³/mol. The van der Waals surface area contributed by atoms with Crippen molar-refractivity contribution in [1.82, 2.24) is 0 Å². The summed E-state index contributed by atoms with van der Waals surface area (Å²) in [7, 11) is 0. The molecule has 0 radical (unpaired) electrons. The molecule has 0 saturated heterocycles. The van der Waals surface area contributed by atoms with Crippen LogP contribution in [0.1, 0.15) is 6.42 Å². The molecule has 0 fully saturated rings. The van der Waals surface area contributed by atoms with Gasteiger partial charge in [0.15, 0.2) is 0 Å². The first-order chi connectivity index (χ1) is 8.81. The Hall–Kier alpha value is -1.51. The van der Waals surface area contributed by atoms with E-state index in [0.717, 1.165) is 28.3 Å². The van der Waals surface area contributed by atoms with Gasteiger partial charge >= 0.3 is 0 Å². The van der Waals surface area contributed by atoms with Gasteiger partial charge in [-0.05, 0) is 36.7 Å². The normalized spacial score (nSPS) is 10.3. The Morgan fingerprint density at radius 1 is 1.00 bits per heavy atom. The van der Waals surface area contributed by atoms with E-state index in [1.165, 1.54) is 0 Å². The number of halogens is 1. The van der Waals surface area contributed by atoms with Gasteiger partial charge in [0.05, 0.1) is 6.61 Å². The zero-order valence-electron chi connectivity index (χ0n) is 10.1. The highest BCUT2D eigenvalue weighted by Crippen LogP contribution is 2.28. The van der Waals surface area contributed by atoms with E-state index in [4.69, 9.17) is 22.1 Å². The monoisotopic (exact) mass is 261 g/mol. The van der Waals surface area contributed by atoms with Gasteiger partial charge in [-0.15, -0.1) is 0 Å². The molecule has 0 aromatic heterocycles. The van der Waals surface area contributed by atoms with Crippen LogP contribution in [0.4, 0.5) is 0 Å². The standard InChI is InChI=1S/C15H16ClNO/c16-15-5-2-1-4-14(15)12-6-8-13(9-7-12)18-11-3-10-17/h1-2,4-9H,3,10-11,17H2. The first-order valence-electron chi connectivity index (χ1n) is 5.99. The summed E-state index contributed by atoms with van der Waals surface area (Å²) >= 11 is 6.16. The maximum atomic E-state index is 6.16. The topological polar surface area (TPSA) is 35.2 Å². The summed E-state index contributed by atoms with van der Waals surface area (Å²) in [5, 5.41) is 0.759. The molecule has 2 nitrogen and oxygen atoms in total. The van der Waals surface area contributed by atoms with Crippen molar-refractivity contribution in [3.05, 3.63) is 53.6 Å². The number of ether oxygens (including phenoxy) is 1. The third kappa shape index (κ3) is 3.25. The molecule has 0 aliphatic carbocycles. The van der Waals surface area contributed by atoms with Crippen molar-refractivity contribution >= 4 is 11.6 Å². The highest BCUT2D eigenvalue weighted by molar-refractivity contribution is 6.33. The molecule has 0 aliphatic rings. The fraction of sp³-hybridized carbons (Fsp3) is 0.200. The van der Waals surface area contributed by atoms with Gasteiger partial charge in [0.1, 0.15) is 5.75 Å². The molecule has 3 heteroatoms. The number of hydrogen-bond donors (Lipinski definition) is 1. The lowest BCUT2D eigenvalue weighted by atomic mass is 10.1. The second-order valence-electron chi connectivity index (χ2n) is 3.99. The first kappa shape index (κ1) is 12.9. The third-order valence-corrected chi connectivity index (χ3v) is 2.99. The zero-order valence-corrected chi connectivity index (χ0v) is 10.9. The molecule has 94 valence electrons. The van der Waals surface area contributed by atoms with Crippen LogP contribution in [0.25, 0.3) is 11.1 Å². The smallest absolute Gasteiger partial charge is 0.119 e. The molecule has 2 aromatic carbocycles. The SMILES string of the molecule is NCCCOc1ccc(-c2ccccc2Cl)cc1. The fourth-order valence-corrected chi connectivity index (χ4v) is 1.94. The van der Waals surface area contributed by atoms with Crippen LogP contribution in [-0.2, 0) is 0 Å². The van der Waals surface area contributed by atoms with Crippen molar-refractivity contribution in [3.63, 3.8) is 0 Å². The zero-order chi connectivity index (χ0) is 12.8. The van der Waals surface area contributed by atoms with Crippen LogP contribution in [0, 0.1) is 0 Å². The quantitative estimate of drug-likeness (QED) is 0.833. The Morgan fingerprint density at radius 3 is 2.39 bits per heavy atom. The largest absolute Gasteiger partial charge is 0.494 e. The Morgan fingerprint density at radius 2 is 1.72 bits per heavy atom. The minimum Gasteiger partial charge on any atom is -0.494 e. The van der Waals surface area contributed by atoms with Crippen LogP contribution >= 0.6 is 11.6 Å². The maximum Gasteiger partial charge on any atom is 0.119 e. The Bertz CT molecular complexity index is 496. The molecule has 0 saturated carbocycles. The minimum atomic E-state index is 0.651. The van der Waals surface area contributed by atoms with Crippen molar-refractivity contribution in [2.45, 2.75) is 6.42 Å². The molecule has 0 amide bonds. The van der Waals surface area contributed by atoms with Gasteiger partial charge in [-0.1, -0.05) is 41.9 Å². The molecule has 18 heavy (non-hydrogen) atoms. The van der Waals surface area contributed by atoms with Crippen LogP contribution in [0.5, 0.6) is 5.75 Å². The lowest BCUT2D eigenvalue weighted by Gasteiger charge is -2.07. The minimum absolute atomic E-state index is 0.651. The van der Waals surface area contributed by atoms with Crippen LogP contribution in [0.3, 0.4) is 0 Å². The summed E-state index contributed by atoms with van der Waals surface area (Å²) in [5.74, 6) is 0.860. The van der Waals surface area contributed by atoms with Gasteiger partial charge in [0.25, 0.3) is 0 Å². The molecular formula is C15H16ClNO. The van der Waals surface area contributed by atoms with Crippen LogP contribution in [0.15, 0.2) is 48.5 Å².